The number of pyridine rings is 2. The minimum Gasteiger partial charge on any atom is -0.355 e. The van der Waals surface area contributed by atoms with E-state index in [-0.39, 0.29) is 24.5 Å². The van der Waals surface area contributed by atoms with E-state index in [0.29, 0.717) is 17.3 Å². The Hall–Kier alpha value is -2.54. The molecule has 1 amide bonds. The Labute approximate surface area is 171 Å². The first kappa shape index (κ1) is 22.2. The molecule has 0 aromatic carbocycles. The average molecular weight is 451 g/mol. The molecule has 1 unspecified atom stereocenters. The van der Waals surface area contributed by atoms with Crippen molar-refractivity contribution in [2.75, 3.05) is 23.3 Å². The SMILES string of the molecule is NSc1cc(NC(=O)c2cc(C(F)(F)F)cnc2N2CCC(C(F)(F)F)C2)ccn1. The van der Waals surface area contributed by atoms with Gasteiger partial charge < -0.3 is 10.2 Å². The minimum absolute atomic E-state index is 0.0912. The average Bonchev–Trinajstić information content (AvgIpc) is 3.17. The van der Waals surface area contributed by atoms with Crippen LogP contribution >= 0.6 is 11.9 Å². The normalized spacial score (nSPS) is 17.3. The van der Waals surface area contributed by atoms with Gasteiger partial charge in [-0.05, 0) is 36.6 Å². The third-order valence-electron chi connectivity index (χ3n) is 4.50. The van der Waals surface area contributed by atoms with E-state index in [0.717, 1.165) is 11.9 Å². The molecule has 2 aromatic heterocycles. The molecule has 1 aliphatic rings. The quantitative estimate of drug-likeness (QED) is 0.538. The van der Waals surface area contributed by atoms with Crippen LogP contribution in [0.3, 0.4) is 0 Å². The van der Waals surface area contributed by atoms with E-state index in [2.05, 4.69) is 15.3 Å². The highest BCUT2D eigenvalue weighted by atomic mass is 32.2. The number of carbonyl (C=O) groups is 1. The summed E-state index contributed by atoms with van der Waals surface area (Å²) in [6, 6.07) is 3.38. The number of anilines is 2. The smallest absolute Gasteiger partial charge is 0.355 e. The molecule has 1 atom stereocenters. The monoisotopic (exact) mass is 451 g/mol. The molecule has 0 saturated carbocycles. The number of amides is 1. The van der Waals surface area contributed by atoms with Crippen LogP contribution in [0.15, 0.2) is 35.6 Å². The number of carbonyl (C=O) groups excluding carboxylic acids is 1. The third kappa shape index (κ3) is 4.95. The molecule has 6 nitrogen and oxygen atoms in total. The lowest BCUT2D eigenvalue weighted by molar-refractivity contribution is -0.168. The van der Waals surface area contributed by atoms with Gasteiger partial charge in [0.1, 0.15) is 10.8 Å². The van der Waals surface area contributed by atoms with Gasteiger partial charge in [-0.15, -0.1) is 0 Å². The molecule has 30 heavy (non-hydrogen) atoms. The van der Waals surface area contributed by atoms with Crippen LogP contribution in [0.1, 0.15) is 22.3 Å². The maximum Gasteiger partial charge on any atom is 0.417 e. The summed E-state index contributed by atoms with van der Waals surface area (Å²) in [5.41, 5.74) is -1.46. The van der Waals surface area contributed by atoms with E-state index in [4.69, 9.17) is 5.14 Å². The number of alkyl halides is 6. The Kier molecular flexibility index (Phi) is 6.13. The summed E-state index contributed by atoms with van der Waals surface area (Å²) in [6.07, 6.45) is -7.63. The highest BCUT2D eigenvalue weighted by Gasteiger charge is 2.44. The molecular weight excluding hydrogens is 436 g/mol. The molecule has 1 saturated heterocycles. The van der Waals surface area contributed by atoms with Crippen molar-refractivity contribution in [2.45, 2.75) is 23.8 Å². The first-order valence-corrected chi connectivity index (χ1v) is 9.40. The van der Waals surface area contributed by atoms with Crippen molar-refractivity contribution in [1.29, 1.82) is 0 Å². The second-order valence-electron chi connectivity index (χ2n) is 6.52. The summed E-state index contributed by atoms with van der Waals surface area (Å²) in [7, 11) is 0. The first-order valence-electron chi connectivity index (χ1n) is 8.52. The second-order valence-corrected chi connectivity index (χ2v) is 7.17. The molecule has 3 rings (SSSR count). The van der Waals surface area contributed by atoms with Crippen LogP contribution in [-0.4, -0.2) is 35.1 Å². The molecule has 13 heteroatoms. The lowest BCUT2D eigenvalue weighted by Gasteiger charge is -2.22. The van der Waals surface area contributed by atoms with Crippen LogP contribution in [0.2, 0.25) is 0 Å². The highest BCUT2D eigenvalue weighted by Crippen LogP contribution is 2.37. The molecular formula is C17H15F6N5OS. The van der Waals surface area contributed by atoms with E-state index in [9.17, 15) is 31.1 Å². The number of nitrogens with one attached hydrogen (secondary N) is 1. The highest BCUT2D eigenvalue weighted by molar-refractivity contribution is 7.97. The zero-order chi connectivity index (χ0) is 22.1. The Balaban J connectivity index is 1.94. The molecule has 3 N–H and O–H groups in total. The summed E-state index contributed by atoms with van der Waals surface area (Å²) in [6.45, 7) is -0.586. The van der Waals surface area contributed by atoms with E-state index in [1.165, 1.54) is 23.2 Å². The molecule has 0 bridgehead atoms. The van der Waals surface area contributed by atoms with Gasteiger partial charge in [-0.3, -0.25) is 9.93 Å². The predicted molar refractivity (Wildman–Crippen MR) is 97.8 cm³/mol. The molecule has 0 aliphatic carbocycles. The zero-order valence-corrected chi connectivity index (χ0v) is 15.9. The van der Waals surface area contributed by atoms with Crippen LogP contribution in [-0.2, 0) is 6.18 Å². The molecule has 1 aliphatic heterocycles. The number of nitrogens with zero attached hydrogens (tertiary/aromatic N) is 3. The maximum absolute atomic E-state index is 13.1. The van der Waals surface area contributed by atoms with Gasteiger partial charge in [0.15, 0.2) is 0 Å². The van der Waals surface area contributed by atoms with Crippen molar-refractivity contribution in [3.8, 4) is 0 Å². The maximum atomic E-state index is 13.1. The van der Waals surface area contributed by atoms with E-state index < -0.39 is 41.8 Å². The molecule has 162 valence electrons. The van der Waals surface area contributed by atoms with Crippen LogP contribution in [0.5, 0.6) is 0 Å². The van der Waals surface area contributed by atoms with Gasteiger partial charge in [-0.25, -0.2) is 9.97 Å². The van der Waals surface area contributed by atoms with E-state index >= 15 is 0 Å². The molecule has 2 aromatic rings. The summed E-state index contributed by atoms with van der Waals surface area (Å²) in [5, 5.41) is 8.15. The van der Waals surface area contributed by atoms with Crippen LogP contribution < -0.4 is 15.4 Å². The van der Waals surface area contributed by atoms with Crippen LogP contribution in [0.4, 0.5) is 37.8 Å². The number of halogens is 6. The van der Waals surface area contributed by atoms with Crippen molar-refractivity contribution in [3.63, 3.8) is 0 Å². The summed E-state index contributed by atoms with van der Waals surface area (Å²) in [5.74, 6) is -2.84. The number of aromatic nitrogens is 2. The van der Waals surface area contributed by atoms with Crippen molar-refractivity contribution in [3.05, 3.63) is 41.7 Å². The fraction of sp³-hybridized carbons (Fsp3) is 0.353. The van der Waals surface area contributed by atoms with Crippen molar-refractivity contribution in [1.82, 2.24) is 9.97 Å². The lowest BCUT2D eigenvalue weighted by atomic mass is 10.1. The Bertz CT molecular complexity index is 936. The topological polar surface area (TPSA) is 84.1 Å². The fourth-order valence-electron chi connectivity index (χ4n) is 3.00. The summed E-state index contributed by atoms with van der Waals surface area (Å²) >= 11 is 0.799. The third-order valence-corrected chi connectivity index (χ3v) is 4.97. The summed E-state index contributed by atoms with van der Waals surface area (Å²) < 4.78 is 78.4. The summed E-state index contributed by atoms with van der Waals surface area (Å²) in [4.78, 5) is 21.5. The van der Waals surface area contributed by atoms with Gasteiger partial charge in [0.2, 0.25) is 0 Å². The van der Waals surface area contributed by atoms with Gasteiger partial charge in [0.25, 0.3) is 5.91 Å². The van der Waals surface area contributed by atoms with Gasteiger partial charge >= 0.3 is 12.4 Å². The molecule has 3 heterocycles. The molecule has 1 fully saturated rings. The van der Waals surface area contributed by atoms with Crippen LogP contribution in [0, 0.1) is 5.92 Å². The second kappa shape index (κ2) is 8.30. The standard InChI is InChI=1S/C17H15F6N5OS/c18-16(19,20)9-2-4-28(8-9)14-12(5-10(7-26-14)17(21,22)23)15(29)27-11-1-3-25-13(6-11)30-24/h1,3,5-7,9H,2,4,8,24H2,(H,25,27,29). The predicted octanol–water partition coefficient (Wildman–Crippen LogP) is 4.10. The fourth-order valence-corrected chi connectivity index (χ4v) is 3.32. The first-order chi connectivity index (χ1) is 14.0. The van der Waals surface area contributed by atoms with E-state index in [1.54, 1.807) is 0 Å². The molecule has 0 spiro atoms. The van der Waals surface area contributed by atoms with Gasteiger partial charge in [0.05, 0.1) is 17.0 Å². The Morgan fingerprint density at radius 1 is 1.20 bits per heavy atom. The van der Waals surface area contributed by atoms with Crippen molar-refractivity contribution < 1.29 is 31.1 Å². The van der Waals surface area contributed by atoms with Gasteiger partial charge in [-0.1, -0.05) is 0 Å². The molecule has 0 radical (unpaired) electrons. The van der Waals surface area contributed by atoms with Gasteiger partial charge in [0, 0.05) is 31.2 Å². The minimum atomic E-state index is -4.78. The number of hydrogen-bond acceptors (Lipinski definition) is 6. The largest absolute Gasteiger partial charge is 0.417 e. The number of hydrogen-bond donors (Lipinski definition) is 2. The number of rotatable bonds is 4. The van der Waals surface area contributed by atoms with Crippen molar-refractivity contribution >= 4 is 29.4 Å². The van der Waals surface area contributed by atoms with Gasteiger partial charge in [-0.2, -0.15) is 26.3 Å². The van der Waals surface area contributed by atoms with Crippen molar-refractivity contribution in [2.24, 2.45) is 11.1 Å². The lowest BCUT2D eigenvalue weighted by Crippen LogP contribution is -2.29. The van der Waals surface area contributed by atoms with E-state index in [1.807, 2.05) is 0 Å². The Morgan fingerprint density at radius 3 is 2.53 bits per heavy atom. The number of nitrogens with two attached hydrogens (primary N) is 1. The Morgan fingerprint density at radius 2 is 1.93 bits per heavy atom. The van der Waals surface area contributed by atoms with Crippen LogP contribution in [0.25, 0.3) is 0 Å². The zero-order valence-electron chi connectivity index (χ0n) is 15.1.